The predicted octanol–water partition coefficient (Wildman–Crippen LogP) is 2.02. The van der Waals surface area contributed by atoms with E-state index in [9.17, 15) is 4.79 Å². The molecular formula is C17H27N3O. The van der Waals surface area contributed by atoms with E-state index in [1.165, 1.54) is 12.0 Å². The van der Waals surface area contributed by atoms with E-state index < -0.39 is 0 Å². The molecule has 1 aliphatic heterocycles. The number of carbonyl (C=O) groups excluding carboxylic acids is 1. The fourth-order valence-corrected chi connectivity index (χ4v) is 3.21. The van der Waals surface area contributed by atoms with Crippen LogP contribution in [0.15, 0.2) is 30.3 Å². The molecule has 1 amide bonds. The van der Waals surface area contributed by atoms with Gasteiger partial charge in [-0.3, -0.25) is 14.6 Å². The van der Waals surface area contributed by atoms with E-state index in [0.29, 0.717) is 18.5 Å². The second kappa shape index (κ2) is 7.57. The van der Waals surface area contributed by atoms with Gasteiger partial charge in [-0.05, 0) is 25.5 Å². The molecule has 1 saturated heterocycles. The second-order valence-electron chi connectivity index (χ2n) is 5.87. The lowest BCUT2D eigenvalue weighted by molar-refractivity contribution is -0.118. The average Bonchev–Trinajstić information content (AvgIpc) is 2.97. The Morgan fingerprint density at radius 2 is 2.14 bits per heavy atom. The Morgan fingerprint density at radius 1 is 1.43 bits per heavy atom. The quantitative estimate of drug-likeness (QED) is 0.835. The number of rotatable bonds is 7. The lowest BCUT2D eigenvalue weighted by atomic mass is 10.1. The molecule has 2 atom stereocenters. The van der Waals surface area contributed by atoms with E-state index in [4.69, 9.17) is 5.73 Å². The maximum absolute atomic E-state index is 11.0. The molecule has 0 spiro atoms. The van der Waals surface area contributed by atoms with E-state index in [1.807, 2.05) is 0 Å². The summed E-state index contributed by atoms with van der Waals surface area (Å²) in [6.07, 6.45) is 1.63. The highest BCUT2D eigenvalue weighted by Crippen LogP contribution is 2.26. The zero-order valence-electron chi connectivity index (χ0n) is 13.2. The van der Waals surface area contributed by atoms with Crippen molar-refractivity contribution < 1.29 is 4.79 Å². The molecule has 21 heavy (non-hydrogen) atoms. The van der Waals surface area contributed by atoms with Crippen LogP contribution in [-0.2, 0) is 4.79 Å². The summed E-state index contributed by atoms with van der Waals surface area (Å²) in [6.45, 7) is 8.38. The third-order valence-electron chi connectivity index (χ3n) is 4.59. The van der Waals surface area contributed by atoms with E-state index in [0.717, 1.165) is 26.2 Å². The van der Waals surface area contributed by atoms with Crippen molar-refractivity contribution in [1.82, 2.24) is 9.80 Å². The maximum atomic E-state index is 11.0. The van der Waals surface area contributed by atoms with Crippen LogP contribution in [0.5, 0.6) is 0 Å². The summed E-state index contributed by atoms with van der Waals surface area (Å²) in [4.78, 5) is 15.9. The van der Waals surface area contributed by atoms with Crippen LogP contribution in [0.2, 0.25) is 0 Å². The minimum Gasteiger partial charge on any atom is -0.370 e. The molecule has 1 heterocycles. The van der Waals surface area contributed by atoms with Crippen LogP contribution in [0.1, 0.15) is 38.3 Å². The molecule has 0 aromatic heterocycles. The Hall–Kier alpha value is -1.39. The van der Waals surface area contributed by atoms with Crippen LogP contribution in [0.4, 0.5) is 0 Å². The fraction of sp³-hybridized carbons (Fsp3) is 0.588. The van der Waals surface area contributed by atoms with Gasteiger partial charge >= 0.3 is 0 Å². The Labute approximate surface area is 127 Å². The number of likely N-dealkylation sites (tertiary alicyclic amines) is 1. The van der Waals surface area contributed by atoms with Gasteiger partial charge in [0.2, 0.25) is 5.91 Å². The highest BCUT2D eigenvalue weighted by molar-refractivity contribution is 5.73. The first-order valence-corrected chi connectivity index (χ1v) is 7.93. The number of carbonyl (C=O) groups is 1. The minimum absolute atomic E-state index is 0.207. The van der Waals surface area contributed by atoms with Gasteiger partial charge in [0.25, 0.3) is 0 Å². The van der Waals surface area contributed by atoms with Crippen LogP contribution >= 0.6 is 0 Å². The van der Waals surface area contributed by atoms with Gasteiger partial charge in [-0.2, -0.15) is 0 Å². The van der Waals surface area contributed by atoms with Crippen molar-refractivity contribution >= 4 is 5.91 Å². The van der Waals surface area contributed by atoms with Crippen molar-refractivity contribution in [2.75, 3.05) is 26.2 Å². The topological polar surface area (TPSA) is 49.6 Å². The lowest BCUT2D eigenvalue weighted by Gasteiger charge is -2.29. The van der Waals surface area contributed by atoms with Gasteiger partial charge in [-0.25, -0.2) is 0 Å². The normalized spacial score (nSPS) is 20.8. The standard InChI is InChI=1S/C17H27N3O/c1-3-19(12-10-17(18)21)16-9-11-20(13-16)14(2)15-7-5-4-6-8-15/h4-8,14,16H,3,9-13H2,1-2H3,(H2,18,21)/t14-,16+/m1/s1. The summed E-state index contributed by atoms with van der Waals surface area (Å²) in [5.74, 6) is -0.207. The van der Waals surface area contributed by atoms with Crippen molar-refractivity contribution in [3.8, 4) is 0 Å². The molecule has 0 unspecified atom stereocenters. The summed E-state index contributed by atoms with van der Waals surface area (Å²) < 4.78 is 0. The average molecular weight is 289 g/mol. The number of primary amides is 1. The number of benzene rings is 1. The number of nitrogens with two attached hydrogens (primary N) is 1. The molecule has 0 bridgehead atoms. The van der Waals surface area contributed by atoms with Crippen LogP contribution in [0.3, 0.4) is 0 Å². The van der Waals surface area contributed by atoms with Crippen molar-refractivity contribution in [3.63, 3.8) is 0 Å². The Kier molecular flexibility index (Phi) is 5.76. The lowest BCUT2D eigenvalue weighted by Crippen LogP contribution is -2.39. The number of likely N-dealkylation sites (N-methyl/N-ethyl adjacent to an activating group) is 1. The molecular weight excluding hydrogens is 262 g/mol. The number of hydrogen-bond donors (Lipinski definition) is 1. The monoisotopic (exact) mass is 289 g/mol. The van der Waals surface area contributed by atoms with E-state index in [-0.39, 0.29) is 5.91 Å². The zero-order valence-corrected chi connectivity index (χ0v) is 13.2. The summed E-state index contributed by atoms with van der Waals surface area (Å²) >= 11 is 0. The molecule has 0 saturated carbocycles. The molecule has 1 fully saturated rings. The summed E-state index contributed by atoms with van der Waals surface area (Å²) in [5.41, 5.74) is 6.64. The molecule has 4 heteroatoms. The molecule has 1 aliphatic rings. The Balaban J connectivity index is 1.91. The van der Waals surface area contributed by atoms with Crippen LogP contribution in [0, 0.1) is 0 Å². The summed E-state index contributed by atoms with van der Waals surface area (Å²) in [6, 6.07) is 11.7. The molecule has 0 radical (unpaired) electrons. The van der Waals surface area contributed by atoms with Crippen LogP contribution < -0.4 is 5.73 Å². The van der Waals surface area contributed by atoms with Gasteiger partial charge in [0.1, 0.15) is 0 Å². The van der Waals surface area contributed by atoms with Crippen molar-refractivity contribution in [2.45, 2.75) is 38.8 Å². The zero-order chi connectivity index (χ0) is 15.2. The molecule has 2 N–H and O–H groups in total. The van der Waals surface area contributed by atoms with Crippen molar-refractivity contribution in [3.05, 3.63) is 35.9 Å². The third-order valence-corrected chi connectivity index (χ3v) is 4.59. The number of nitrogens with zero attached hydrogens (tertiary/aromatic N) is 2. The van der Waals surface area contributed by atoms with Gasteiger partial charge in [-0.1, -0.05) is 37.3 Å². The van der Waals surface area contributed by atoms with E-state index >= 15 is 0 Å². The first kappa shape index (κ1) is 16.0. The fourth-order valence-electron chi connectivity index (χ4n) is 3.21. The first-order valence-electron chi connectivity index (χ1n) is 7.93. The smallest absolute Gasteiger partial charge is 0.218 e. The van der Waals surface area contributed by atoms with Gasteiger partial charge in [0.05, 0.1) is 0 Å². The van der Waals surface area contributed by atoms with E-state index in [2.05, 4.69) is 54.0 Å². The molecule has 116 valence electrons. The Morgan fingerprint density at radius 3 is 2.76 bits per heavy atom. The van der Waals surface area contributed by atoms with Crippen LogP contribution in [0.25, 0.3) is 0 Å². The number of amides is 1. The molecule has 2 rings (SSSR count). The van der Waals surface area contributed by atoms with Crippen molar-refractivity contribution in [2.24, 2.45) is 5.73 Å². The first-order chi connectivity index (χ1) is 10.1. The van der Waals surface area contributed by atoms with Gasteiger partial charge in [0, 0.05) is 38.1 Å². The molecule has 1 aromatic carbocycles. The summed E-state index contributed by atoms with van der Waals surface area (Å²) in [5, 5.41) is 0. The van der Waals surface area contributed by atoms with Gasteiger partial charge < -0.3 is 5.73 Å². The van der Waals surface area contributed by atoms with Crippen molar-refractivity contribution in [1.29, 1.82) is 0 Å². The molecule has 0 aliphatic carbocycles. The Bertz CT molecular complexity index is 449. The number of hydrogen-bond acceptors (Lipinski definition) is 3. The van der Waals surface area contributed by atoms with Crippen LogP contribution in [-0.4, -0.2) is 47.9 Å². The molecule has 1 aromatic rings. The maximum Gasteiger partial charge on any atom is 0.218 e. The van der Waals surface area contributed by atoms with E-state index in [1.54, 1.807) is 0 Å². The highest BCUT2D eigenvalue weighted by Gasteiger charge is 2.29. The third kappa shape index (κ3) is 4.29. The van der Waals surface area contributed by atoms with Gasteiger partial charge in [-0.15, -0.1) is 0 Å². The highest BCUT2D eigenvalue weighted by atomic mass is 16.1. The molecule has 4 nitrogen and oxygen atoms in total. The predicted molar refractivity (Wildman–Crippen MR) is 85.9 cm³/mol. The largest absolute Gasteiger partial charge is 0.370 e. The minimum atomic E-state index is -0.207. The SMILES string of the molecule is CCN(CCC(N)=O)[C@H]1CCN([C@H](C)c2ccccc2)C1. The van der Waals surface area contributed by atoms with Gasteiger partial charge in [0.15, 0.2) is 0 Å². The summed E-state index contributed by atoms with van der Waals surface area (Å²) in [7, 11) is 0. The second-order valence-corrected chi connectivity index (χ2v) is 5.87.